The molecule has 0 aliphatic carbocycles. The van der Waals surface area contributed by atoms with Gasteiger partial charge in [0.2, 0.25) is 0 Å². The van der Waals surface area contributed by atoms with Crippen molar-refractivity contribution >= 4 is 43.2 Å². The van der Waals surface area contributed by atoms with Crippen molar-refractivity contribution in [3.63, 3.8) is 0 Å². The molecule has 2 aromatic carbocycles. The first-order valence-electron chi connectivity index (χ1n) is 5.59. The van der Waals surface area contributed by atoms with E-state index in [0.29, 0.717) is 20.2 Å². The fourth-order valence-electron chi connectivity index (χ4n) is 1.62. The molecule has 0 aliphatic rings. The van der Waals surface area contributed by atoms with Gasteiger partial charge in [0.25, 0.3) is 5.69 Å². The van der Waals surface area contributed by atoms with Crippen molar-refractivity contribution in [3.8, 4) is 0 Å². The highest BCUT2D eigenvalue weighted by Gasteiger charge is 2.12. The summed E-state index contributed by atoms with van der Waals surface area (Å²) >= 11 is 6.30. The second kappa shape index (κ2) is 6.32. The molecule has 0 fully saturated rings. The lowest BCUT2D eigenvalue weighted by molar-refractivity contribution is -0.385. The van der Waals surface area contributed by atoms with Crippen LogP contribution in [-0.2, 0) is 6.54 Å². The maximum Gasteiger partial charge on any atom is 0.285 e. The van der Waals surface area contributed by atoms with Gasteiger partial charge in [0.05, 0.1) is 9.40 Å². The molecule has 0 bridgehead atoms. The third-order valence-corrected chi connectivity index (χ3v) is 3.80. The van der Waals surface area contributed by atoms with Gasteiger partial charge in [0, 0.05) is 28.3 Å². The summed E-state index contributed by atoms with van der Waals surface area (Å²) in [5.74, 6) is -0.335. The molecule has 7 heteroatoms. The van der Waals surface area contributed by atoms with Gasteiger partial charge in [-0.05, 0) is 40.2 Å². The number of halogens is 3. The van der Waals surface area contributed by atoms with Crippen LogP contribution in [0.1, 0.15) is 5.56 Å². The first-order valence-corrected chi connectivity index (χ1v) is 7.17. The normalized spacial score (nSPS) is 10.3. The standard InChI is InChI=1S/C13H9Br2FN2O2/c14-9-2-1-8(12(16)5-9)7-17-10-3-4-11(15)13(6-10)18(19)20/h1-6,17H,7H2. The van der Waals surface area contributed by atoms with Crippen LogP contribution in [0.15, 0.2) is 45.3 Å². The van der Waals surface area contributed by atoms with Gasteiger partial charge in [0.15, 0.2) is 0 Å². The summed E-state index contributed by atoms with van der Waals surface area (Å²) in [6.07, 6.45) is 0. The summed E-state index contributed by atoms with van der Waals surface area (Å²) in [6.45, 7) is 0.248. The molecule has 0 spiro atoms. The highest BCUT2D eigenvalue weighted by molar-refractivity contribution is 9.10. The van der Waals surface area contributed by atoms with Gasteiger partial charge in [-0.25, -0.2) is 4.39 Å². The van der Waals surface area contributed by atoms with Gasteiger partial charge >= 0.3 is 0 Å². The van der Waals surface area contributed by atoms with Crippen LogP contribution < -0.4 is 5.32 Å². The van der Waals surface area contributed by atoms with Crippen LogP contribution >= 0.6 is 31.9 Å². The zero-order valence-corrected chi connectivity index (χ0v) is 13.2. The van der Waals surface area contributed by atoms with Crippen molar-refractivity contribution in [2.45, 2.75) is 6.54 Å². The summed E-state index contributed by atoms with van der Waals surface area (Å²) in [5.41, 5.74) is 1.01. The lowest BCUT2D eigenvalue weighted by Gasteiger charge is -2.08. The Morgan fingerprint density at radius 1 is 1.20 bits per heavy atom. The molecule has 0 saturated heterocycles. The van der Waals surface area contributed by atoms with Crippen molar-refractivity contribution in [1.82, 2.24) is 0 Å². The maximum absolute atomic E-state index is 13.6. The van der Waals surface area contributed by atoms with Crippen LogP contribution in [0.5, 0.6) is 0 Å². The molecule has 0 saturated carbocycles. The first kappa shape index (κ1) is 14.9. The smallest absolute Gasteiger partial charge is 0.285 e. The molecular formula is C13H9Br2FN2O2. The second-order valence-electron chi connectivity index (χ2n) is 4.01. The van der Waals surface area contributed by atoms with Gasteiger partial charge in [-0.15, -0.1) is 0 Å². The zero-order valence-electron chi connectivity index (χ0n) is 10.1. The van der Waals surface area contributed by atoms with Crippen molar-refractivity contribution in [3.05, 3.63) is 66.8 Å². The Morgan fingerprint density at radius 3 is 2.60 bits per heavy atom. The molecule has 20 heavy (non-hydrogen) atoms. The molecular weight excluding hydrogens is 395 g/mol. The van der Waals surface area contributed by atoms with Crippen molar-refractivity contribution < 1.29 is 9.31 Å². The monoisotopic (exact) mass is 402 g/mol. The summed E-state index contributed by atoms with van der Waals surface area (Å²) in [6, 6.07) is 9.44. The minimum Gasteiger partial charge on any atom is -0.381 e. The molecule has 0 heterocycles. The predicted molar refractivity (Wildman–Crippen MR) is 82.2 cm³/mol. The number of benzene rings is 2. The molecule has 1 N–H and O–H groups in total. The Morgan fingerprint density at radius 2 is 1.95 bits per heavy atom. The molecule has 4 nitrogen and oxygen atoms in total. The van der Waals surface area contributed by atoms with E-state index >= 15 is 0 Å². The molecule has 0 amide bonds. The van der Waals surface area contributed by atoms with E-state index in [-0.39, 0.29) is 18.0 Å². The number of nitrogens with zero attached hydrogens (tertiary/aromatic N) is 1. The molecule has 104 valence electrons. The Labute approximate surface area is 131 Å². The zero-order chi connectivity index (χ0) is 14.7. The summed E-state index contributed by atoms with van der Waals surface area (Å²) in [4.78, 5) is 10.3. The van der Waals surface area contributed by atoms with E-state index in [0.717, 1.165) is 0 Å². The highest BCUT2D eigenvalue weighted by atomic mass is 79.9. The molecule has 0 radical (unpaired) electrons. The van der Waals surface area contributed by atoms with Gasteiger partial charge in [-0.1, -0.05) is 22.0 Å². The van der Waals surface area contributed by atoms with Crippen LogP contribution in [-0.4, -0.2) is 4.92 Å². The van der Waals surface area contributed by atoms with E-state index in [2.05, 4.69) is 37.2 Å². The number of nitro groups is 1. The Bertz CT molecular complexity index is 665. The molecule has 2 rings (SSSR count). The molecule has 0 unspecified atom stereocenters. The Hall–Kier alpha value is -1.47. The third-order valence-electron chi connectivity index (χ3n) is 2.64. The van der Waals surface area contributed by atoms with E-state index in [9.17, 15) is 14.5 Å². The topological polar surface area (TPSA) is 55.2 Å². The van der Waals surface area contributed by atoms with Crippen LogP contribution in [0, 0.1) is 15.9 Å². The molecule has 2 aromatic rings. The first-order chi connectivity index (χ1) is 9.47. The van der Waals surface area contributed by atoms with Crippen molar-refractivity contribution in [1.29, 1.82) is 0 Å². The maximum atomic E-state index is 13.6. The SMILES string of the molecule is O=[N+]([O-])c1cc(NCc2ccc(Br)cc2F)ccc1Br. The fourth-order valence-corrected chi connectivity index (χ4v) is 2.35. The lowest BCUT2D eigenvalue weighted by Crippen LogP contribution is -2.02. The van der Waals surface area contributed by atoms with Crippen LogP contribution in [0.4, 0.5) is 15.8 Å². The molecule has 0 aromatic heterocycles. The van der Waals surface area contributed by atoms with Crippen molar-refractivity contribution in [2.75, 3.05) is 5.32 Å². The van der Waals surface area contributed by atoms with Gasteiger partial charge < -0.3 is 5.32 Å². The van der Waals surface area contributed by atoms with Gasteiger partial charge in [-0.3, -0.25) is 10.1 Å². The minimum absolute atomic E-state index is 0.0359. The van der Waals surface area contributed by atoms with E-state index in [1.165, 1.54) is 12.1 Å². The second-order valence-corrected chi connectivity index (χ2v) is 5.78. The summed E-state index contributed by atoms with van der Waals surface area (Å²) < 4.78 is 14.7. The predicted octanol–water partition coefficient (Wildman–Crippen LogP) is 4.87. The fraction of sp³-hybridized carbons (Fsp3) is 0.0769. The van der Waals surface area contributed by atoms with Crippen LogP contribution in [0.3, 0.4) is 0 Å². The number of rotatable bonds is 4. The number of anilines is 1. The Kier molecular flexibility index (Phi) is 4.72. The van der Waals surface area contributed by atoms with E-state index in [4.69, 9.17) is 0 Å². The molecule has 0 atom stereocenters. The highest BCUT2D eigenvalue weighted by Crippen LogP contribution is 2.28. The van der Waals surface area contributed by atoms with Gasteiger partial charge in [0.1, 0.15) is 5.82 Å². The number of nitro benzene ring substituents is 1. The minimum atomic E-state index is -0.477. The average Bonchev–Trinajstić information content (AvgIpc) is 2.39. The summed E-state index contributed by atoms with van der Waals surface area (Å²) in [7, 11) is 0. The number of nitrogens with one attached hydrogen (secondary N) is 1. The van der Waals surface area contributed by atoms with Crippen molar-refractivity contribution in [2.24, 2.45) is 0 Å². The molecule has 0 aliphatic heterocycles. The van der Waals surface area contributed by atoms with Gasteiger partial charge in [-0.2, -0.15) is 0 Å². The largest absolute Gasteiger partial charge is 0.381 e. The summed E-state index contributed by atoms with van der Waals surface area (Å²) in [5, 5.41) is 13.8. The lowest BCUT2D eigenvalue weighted by atomic mass is 10.2. The van der Waals surface area contributed by atoms with E-state index < -0.39 is 4.92 Å². The average molecular weight is 404 g/mol. The Balaban J connectivity index is 2.15. The van der Waals surface area contributed by atoms with Crippen LogP contribution in [0.2, 0.25) is 0 Å². The number of hydrogen-bond acceptors (Lipinski definition) is 3. The number of hydrogen-bond donors (Lipinski definition) is 1. The van der Waals surface area contributed by atoms with Crippen LogP contribution in [0.25, 0.3) is 0 Å². The third kappa shape index (κ3) is 3.55. The van der Waals surface area contributed by atoms with E-state index in [1.807, 2.05) is 0 Å². The van der Waals surface area contributed by atoms with E-state index in [1.54, 1.807) is 24.3 Å². The quantitative estimate of drug-likeness (QED) is 0.585.